The van der Waals surface area contributed by atoms with Crippen LogP contribution in [0.2, 0.25) is 0 Å². The smallest absolute Gasteiger partial charge is 0.119 e. The summed E-state index contributed by atoms with van der Waals surface area (Å²) < 4.78 is 6.25. The first-order chi connectivity index (χ1) is 16.9. The molecule has 178 valence electrons. The molecule has 0 atom stereocenters. The van der Waals surface area contributed by atoms with Crippen molar-refractivity contribution in [1.82, 2.24) is 4.90 Å². The summed E-state index contributed by atoms with van der Waals surface area (Å²) in [6.07, 6.45) is 11.1. The predicted octanol–water partition coefficient (Wildman–Crippen LogP) is 7.59. The van der Waals surface area contributed by atoms with E-state index in [4.69, 9.17) is 4.74 Å². The molecule has 3 aromatic rings. The third-order valence-corrected chi connectivity index (χ3v) is 7.61. The summed E-state index contributed by atoms with van der Waals surface area (Å²) in [7, 11) is 0. The van der Waals surface area contributed by atoms with Crippen LogP contribution in [0.3, 0.4) is 0 Å². The van der Waals surface area contributed by atoms with E-state index < -0.39 is 0 Å². The molecule has 5 rings (SSSR count). The maximum absolute atomic E-state index is 6.25. The van der Waals surface area contributed by atoms with Crippen molar-refractivity contribution in [1.29, 1.82) is 0 Å². The lowest BCUT2D eigenvalue weighted by Crippen LogP contribution is -2.43. The molecule has 0 spiro atoms. The molecule has 0 aliphatic heterocycles. The highest BCUT2D eigenvalue weighted by Crippen LogP contribution is 2.32. The van der Waals surface area contributed by atoms with Gasteiger partial charge >= 0.3 is 0 Å². The van der Waals surface area contributed by atoms with Crippen LogP contribution in [-0.4, -0.2) is 30.1 Å². The van der Waals surface area contributed by atoms with E-state index in [1.165, 1.54) is 68.3 Å². The zero-order valence-corrected chi connectivity index (χ0v) is 20.3. The van der Waals surface area contributed by atoms with Gasteiger partial charge in [0.2, 0.25) is 0 Å². The molecule has 0 saturated heterocycles. The van der Waals surface area contributed by atoms with Crippen molar-refractivity contribution in [2.75, 3.05) is 18.1 Å². The number of hydrogen-bond acceptors (Lipinski definition) is 3. The second kappa shape index (κ2) is 11.6. The minimum absolute atomic E-state index is 0.777. The number of para-hydroxylation sites is 1. The fourth-order valence-corrected chi connectivity index (χ4v) is 5.83. The quantitative estimate of drug-likeness (QED) is 0.314. The molecule has 0 heterocycles. The van der Waals surface area contributed by atoms with Crippen molar-refractivity contribution in [2.24, 2.45) is 0 Å². The Kier molecular flexibility index (Phi) is 7.82. The molecule has 0 aromatic heterocycles. The van der Waals surface area contributed by atoms with Gasteiger partial charge < -0.3 is 9.64 Å². The van der Waals surface area contributed by atoms with Crippen LogP contribution < -0.4 is 9.64 Å². The molecule has 2 aliphatic carbocycles. The molecule has 0 amide bonds. The van der Waals surface area contributed by atoms with E-state index in [2.05, 4.69) is 94.7 Å². The summed E-state index contributed by atoms with van der Waals surface area (Å²) in [6, 6.07) is 31.5. The SMILES string of the molecule is c1ccc(CN(c2ccccc2)c2ccc(OCCN(C3CCCC3)C3CCCC3)cc2)cc1. The zero-order valence-electron chi connectivity index (χ0n) is 20.3. The van der Waals surface area contributed by atoms with Crippen LogP contribution in [0.4, 0.5) is 11.4 Å². The van der Waals surface area contributed by atoms with Crippen LogP contribution >= 0.6 is 0 Å². The van der Waals surface area contributed by atoms with Gasteiger partial charge in [0.1, 0.15) is 12.4 Å². The Morgan fingerprint density at radius 2 is 1.15 bits per heavy atom. The Morgan fingerprint density at radius 3 is 1.74 bits per heavy atom. The third-order valence-electron chi connectivity index (χ3n) is 7.61. The van der Waals surface area contributed by atoms with Gasteiger partial charge in [0.15, 0.2) is 0 Å². The number of ether oxygens (including phenoxy) is 1. The molecule has 3 nitrogen and oxygen atoms in total. The second-order valence-corrected chi connectivity index (χ2v) is 9.86. The molecule has 0 radical (unpaired) electrons. The van der Waals surface area contributed by atoms with Crippen molar-refractivity contribution >= 4 is 11.4 Å². The number of anilines is 2. The summed E-state index contributed by atoms with van der Waals surface area (Å²) in [5, 5.41) is 0. The highest BCUT2D eigenvalue weighted by Gasteiger charge is 2.30. The van der Waals surface area contributed by atoms with Crippen molar-refractivity contribution in [2.45, 2.75) is 70.0 Å². The normalized spacial score (nSPS) is 16.9. The zero-order chi connectivity index (χ0) is 23.0. The summed E-state index contributed by atoms with van der Waals surface area (Å²) in [5.74, 6) is 0.967. The van der Waals surface area contributed by atoms with Crippen LogP contribution in [-0.2, 0) is 6.54 Å². The fraction of sp³-hybridized carbons (Fsp3) is 0.419. The molecule has 0 N–H and O–H groups in total. The Labute approximate surface area is 205 Å². The molecule has 0 bridgehead atoms. The average Bonchev–Trinajstić information content (AvgIpc) is 3.62. The minimum Gasteiger partial charge on any atom is -0.492 e. The van der Waals surface area contributed by atoms with E-state index in [0.29, 0.717) is 0 Å². The number of benzene rings is 3. The maximum atomic E-state index is 6.25. The Bertz CT molecular complexity index is 961. The molecule has 34 heavy (non-hydrogen) atoms. The topological polar surface area (TPSA) is 15.7 Å². The van der Waals surface area contributed by atoms with Gasteiger partial charge in [0.25, 0.3) is 0 Å². The lowest BCUT2D eigenvalue weighted by molar-refractivity contribution is 0.112. The largest absolute Gasteiger partial charge is 0.492 e. The van der Waals surface area contributed by atoms with Crippen LogP contribution in [0, 0.1) is 0 Å². The van der Waals surface area contributed by atoms with E-state index in [-0.39, 0.29) is 0 Å². The van der Waals surface area contributed by atoms with Crippen molar-refractivity contribution in [3.05, 3.63) is 90.5 Å². The standard InChI is InChI=1S/C31H38N2O/c1-3-11-26(12-4-1)25-33(29-13-5-2-6-14-29)30-19-21-31(22-20-30)34-24-23-32(27-15-7-8-16-27)28-17-9-10-18-28/h1-6,11-14,19-22,27-28H,7-10,15-18,23-25H2. The molecule has 3 aromatic carbocycles. The van der Waals surface area contributed by atoms with E-state index in [0.717, 1.165) is 37.5 Å². The first-order valence-electron chi connectivity index (χ1n) is 13.2. The van der Waals surface area contributed by atoms with Crippen LogP contribution in [0.5, 0.6) is 5.75 Å². The molecule has 2 saturated carbocycles. The summed E-state index contributed by atoms with van der Waals surface area (Å²) in [5.41, 5.74) is 3.68. The average molecular weight is 455 g/mol. The van der Waals surface area contributed by atoms with Gasteiger partial charge in [-0.15, -0.1) is 0 Å². The van der Waals surface area contributed by atoms with E-state index >= 15 is 0 Å². The number of rotatable bonds is 10. The van der Waals surface area contributed by atoms with Gasteiger partial charge in [-0.3, -0.25) is 4.90 Å². The predicted molar refractivity (Wildman–Crippen MR) is 142 cm³/mol. The first kappa shape index (κ1) is 23.0. The molecule has 0 unspecified atom stereocenters. The molecular weight excluding hydrogens is 416 g/mol. The van der Waals surface area contributed by atoms with Crippen LogP contribution in [0.15, 0.2) is 84.9 Å². The fourth-order valence-electron chi connectivity index (χ4n) is 5.83. The van der Waals surface area contributed by atoms with Gasteiger partial charge in [0.05, 0.1) is 0 Å². The third kappa shape index (κ3) is 5.82. The Hall–Kier alpha value is -2.78. The van der Waals surface area contributed by atoms with Crippen LogP contribution in [0.25, 0.3) is 0 Å². The summed E-state index contributed by atoms with van der Waals surface area (Å²) in [4.78, 5) is 5.16. The van der Waals surface area contributed by atoms with Crippen molar-refractivity contribution in [3.63, 3.8) is 0 Å². The van der Waals surface area contributed by atoms with Crippen LogP contribution in [0.1, 0.15) is 56.9 Å². The van der Waals surface area contributed by atoms with Crippen molar-refractivity contribution in [3.8, 4) is 5.75 Å². The minimum atomic E-state index is 0.777. The number of nitrogens with zero attached hydrogens (tertiary/aromatic N) is 2. The highest BCUT2D eigenvalue weighted by atomic mass is 16.5. The highest BCUT2D eigenvalue weighted by molar-refractivity contribution is 5.64. The van der Waals surface area contributed by atoms with E-state index in [9.17, 15) is 0 Å². The van der Waals surface area contributed by atoms with Gasteiger partial charge in [-0.1, -0.05) is 74.2 Å². The van der Waals surface area contributed by atoms with E-state index in [1.54, 1.807) is 0 Å². The molecule has 3 heteroatoms. The monoisotopic (exact) mass is 454 g/mol. The lowest BCUT2D eigenvalue weighted by atomic mass is 10.1. The van der Waals surface area contributed by atoms with E-state index in [1.807, 2.05) is 0 Å². The Morgan fingerprint density at radius 1 is 0.618 bits per heavy atom. The van der Waals surface area contributed by atoms with Gasteiger partial charge in [0, 0.05) is 36.5 Å². The first-order valence-corrected chi connectivity index (χ1v) is 13.2. The molecule has 2 aliphatic rings. The number of hydrogen-bond donors (Lipinski definition) is 0. The Balaban J connectivity index is 1.23. The van der Waals surface area contributed by atoms with Gasteiger partial charge in [-0.2, -0.15) is 0 Å². The van der Waals surface area contributed by atoms with Crippen molar-refractivity contribution < 1.29 is 4.74 Å². The lowest BCUT2D eigenvalue weighted by Gasteiger charge is -2.34. The second-order valence-electron chi connectivity index (χ2n) is 9.86. The molecular formula is C31H38N2O. The maximum Gasteiger partial charge on any atom is 0.119 e. The summed E-state index contributed by atoms with van der Waals surface area (Å²) >= 11 is 0. The molecule has 2 fully saturated rings. The summed E-state index contributed by atoms with van der Waals surface area (Å²) in [6.45, 7) is 2.67. The van der Waals surface area contributed by atoms with Gasteiger partial charge in [-0.25, -0.2) is 0 Å². The van der Waals surface area contributed by atoms with Gasteiger partial charge in [-0.05, 0) is 67.6 Å².